The lowest BCUT2D eigenvalue weighted by atomic mass is 9.73. The van der Waals surface area contributed by atoms with Crippen molar-refractivity contribution in [2.24, 2.45) is 5.41 Å². The van der Waals surface area contributed by atoms with E-state index in [0.29, 0.717) is 23.6 Å². The summed E-state index contributed by atoms with van der Waals surface area (Å²) in [6.07, 6.45) is 7.85. The molecule has 0 aromatic carbocycles. The fourth-order valence-electron chi connectivity index (χ4n) is 4.62. The minimum Gasteiger partial charge on any atom is -0.493 e. The minimum absolute atomic E-state index is 0.0228. The summed E-state index contributed by atoms with van der Waals surface area (Å²) in [7, 11) is 0. The number of hydrogen-bond acceptors (Lipinski definition) is 5. The number of carbonyl (C=O) groups excluding carboxylic acids is 1. The molecule has 1 atom stereocenters. The number of likely N-dealkylation sites (tertiary alicyclic amines) is 1. The summed E-state index contributed by atoms with van der Waals surface area (Å²) in [4.78, 5) is 23.6. The van der Waals surface area contributed by atoms with Crippen molar-refractivity contribution in [1.29, 1.82) is 5.26 Å². The molecule has 4 heterocycles. The number of carbonyl (C=O) groups is 1. The van der Waals surface area contributed by atoms with Crippen LogP contribution in [0.2, 0.25) is 0 Å². The van der Waals surface area contributed by atoms with Crippen molar-refractivity contribution in [2.75, 3.05) is 37.7 Å². The Balaban J connectivity index is 1.25. The highest BCUT2D eigenvalue weighted by Gasteiger charge is 2.54. The van der Waals surface area contributed by atoms with E-state index in [2.05, 4.69) is 16.0 Å². The maximum Gasteiger partial charge on any atom is 0.325 e. The zero-order valence-electron chi connectivity index (χ0n) is 16.7. The number of anilines is 1. The molecule has 30 heavy (non-hydrogen) atoms. The van der Waals surface area contributed by atoms with Gasteiger partial charge in [-0.15, -0.1) is 0 Å². The monoisotopic (exact) mass is 423 g/mol. The van der Waals surface area contributed by atoms with Crippen LogP contribution in [0.5, 0.6) is 0 Å². The Morgan fingerprint density at radius 1 is 1.33 bits per heavy atom. The normalized spacial score (nSPS) is 24.2. The number of pyridine rings is 1. The molecular weight excluding hydrogens is 402 g/mol. The molecular formula is C22H22ClN5O2. The first kappa shape index (κ1) is 19.0. The lowest BCUT2D eigenvalue weighted by Crippen LogP contribution is -2.74. The van der Waals surface area contributed by atoms with E-state index in [1.54, 1.807) is 12.3 Å². The van der Waals surface area contributed by atoms with Crippen molar-refractivity contribution in [3.05, 3.63) is 58.6 Å². The third kappa shape index (κ3) is 3.12. The molecule has 1 spiro atoms. The molecule has 1 aromatic rings. The molecule has 7 nitrogen and oxygen atoms in total. The summed E-state index contributed by atoms with van der Waals surface area (Å²) in [5.74, 6) is 1.62. The second kappa shape index (κ2) is 7.06. The van der Waals surface area contributed by atoms with Crippen molar-refractivity contribution >= 4 is 23.4 Å². The highest BCUT2D eigenvalue weighted by Crippen LogP contribution is 2.42. The molecule has 1 aliphatic carbocycles. The first-order valence-corrected chi connectivity index (χ1v) is 10.4. The maximum atomic E-state index is 13.3. The summed E-state index contributed by atoms with van der Waals surface area (Å²) in [6.45, 7) is 5.66. The average Bonchev–Trinajstić information content (AvgIpc) is 2.87. The van der Waals surface area contributed by atoms with Gasteiger partial charge in [-0.2, -0.15) is 5.26 Å². The van der Waals surface area contributed by atoms with Crippen LogP contribution in [0.4, 0.5) is 10.6 Å². The molecule has 8 heteroatoms. The van der Waals surface area contributed by atoms with Crippen molar-refractivity contribution in [3.8, 4) is 6.07 Å². The van der Waals surface area contributed by atoms with E-state index in [4.69, 9.17) is 21.6 Å². The van der Waals surface area contributed by atoms with Gasteiger partial charge in [-0.1, -0.05) is 17.7 Å². The number of ether oxygens (including phenoxy) is 1. The molecule has 0 N–H and O–H groups in total. The lowest BCUT2D eigenvalue weighted by Gasteiger charge is -2.61. The molecule has 0 radical (unpaired) electrons. The van der Waals surface area contributed by atoms with Crippen molar-refractivity contribution in [3.63, 3.8) is 0 Å². The van der Waals surface area contributed by atoms with Crippen LogP contribution in [0.15, 0.2) is 53.0 Å². The van der Waals surface area contributed by atoms with Gasteiger partial charge in [0.25, 0.3) is 0 Å². The first-order valence-electron chi connectivity index (χ1n) is 10.1. The van der Waals surface area contributed by atoms with Gasteiger partial charge in [-0.05, 0) is 31.2 Å². The third-order valence-corrected chi connectivity index (χ3v) is 6.43. The second-order valence-electron chi connectivity index (χ2n) is 8.47. The molecule has 5 rings (SSSR count). The van der Waals surface area contributed by atoms with E-state index in [-0.39, 0.29) is 17.5 Å². The maximum absolute atomic E-state index is 13.3. The fraction of sp³-hybridized carbons (Fsp3) is 0.409. The van der Waals surface area contributed by atoms with Crippen LogP contribution in [0, 0.1) is 16.7 Å². The topological polar surface area (TPSA) is 72.7 Å². The number of nitriles is 1. The van der Waals surface area contributed by atoms with Crippen molar-refractivity contribution < 1.29 is 9.53 Å². The number of amides is 2. The summed E-state index contributed by atoms with van der Waals surface area (Å²) in [5, 5.41) is 9.73. The van der Waals surface area contributed by atoms with E-state index in [1.807, 2.05) is 41.0 Å². The Bertz CT molecular complexity index is 1030. The number of rotatable bonds is 1. The fourth-order valence-corrected chi connectivity index (χ4v) is 4.76. The molecule has 0 saturated carbocycles. The summed E-state index contributed by atoms with van der Waals surface area (Å²) < 4.78 is 5.87. The molecule has 1 unspecified atom stereocenters. The smallest absolute Gasteiger partial charge is 0.325 e. The Morgan fingerprint density at radius 2 is 2.13 bits per heavy atom. The van der Waals surface area contributed by atoms with Crippen LogP contribution in [-0.4, -0.2) is 59.6 Å². The van der Waals surface area contributed by atoms with E-state index in [1.165, 1.54) is 0 Å². The van der Waals surface area contributed by atoms with Gasteiger partial charge in [-0.25, -0.2) is 9.78 Å². The van der Waals surface area contributed by atoms with Crippen LogP contribution in [0.3, 0.4) is 0 Å². The van der Waals surface area contributed by atoms with Gasteiger partial charge in [0.15, 0.2) is 0 Å². The largest absolute Gasteiger partial charge is 0.493 e. The molecule has 0 bridgehead atoms. The molecule has 1 aromatic heterocycles. The van der Waals surface area contributed by atoms with Gasteiger partial charge in [0.2, 0.25) is 0 Å². The lowest BCUT2D eigenvalue weighted by molar-refractivity contribution is -0.0106. The van der Waals surface area contributed by atoms with E-state index < -0.39 is 0 Å². The molecule has 2 fully saturated rings. The van der Waals surface area contributed by atoms with Gasteiger partial charge in [0, 0.05) is 49.2 Å². The predicted octanol–water partition coefficient (Wildman–Crippen LogP) is 3.21. The van der Waals surface area contributed by atoms with Crippen LogP contribution >= 0.6 is 11.6 Å². The van der Waals surface area contributed by atoms with E-state index >= 15 is 0 Å². The highest BCUT2D eigenvalue weighted by molar-refractivity contribution is 6.31. The zero-order chi connectivity index (χ0) is 20.9. The molecule has 2 amide bonds. The van der Waals surface area contributed by atoms with Crippen LogP contribution in [-0.2, 0) is 4.74 Å². The third-order valence-electron chi connectivity index (χ3n) is 6.15. The van der Waals surface area contributed by atoms with Gasteiger partial charge >= 0.3 is 6.03 Å². The van der Waals surface area contributed by atoms with Crippen molar-refractivity contribution in [2.45, 2.75) is 19.4 Å². The van der Waals surface area contributed by atoms with Crippen LogP contribution < -0.4 is 4.90 Å². The number of allylic oxidation sites excluding steroid dienone is 4. The zero-order valence-corrected chi connectivity index (χ0v) is 17.5. The highest BCUT2D eigenvalue weighted by atomic mass is 35.5. The van der Waals surface area contributed by atoms with Gasteiger partial charge in [0.05, 0.1) is 23.4 Å². The molecule has 2 saturated heterocycles. The van der Waals surface area contributed by atoms with Gasteiger partial charge in [-0.3, -0.25) is 4.90 Å². The Kier molecular flexibility index (Phi) is 4.48. The minimum atomic E-state index is -0.0369. The van der Waals surface area contributed by atoms with E-state index in [0.717, 1.165) is 43.5 Å². The Hall–Kier alpha value is -2.98. The number of hydrogen-bond donors (Lipinski definition) is 0. The van der Waals surface area contributed by atoms with Gasteiger partial charge in [0.1, 0.15) is 18.2 Å². The average molecular weight is 424 g/mol. The Labute approximate surface area is 180 Å². The predicted molar refractivity (Wildman–Crippen MR) is 113 cm³/mol. The standard InChI is InChI=1S/C22H22ClN5O2/c1-15-10-30-19-5-3-17(23)2-4-18(19)28(15)21(29)27-13-22(14-27)11-26(12-22)20-8-16(9-24)6-7-25-20/h2-4,6-8,15H,5,10-14H2,1H3. The molecule has 3 aliphatic heterocycles. The number of aromatic nitrogens is 1. The van der Waals surface area contributed by atoms with Crippen LogP contribution in [0.25, 0.3) is 0 Å². The number of nitrogens with zero attached hydrogens (tertiary/aromatic N) is 5. The summed E-state index contributed by atoms with van der Waals surface area (Å²) >= 11 is 6.15. The first-order chi connectivity index (χ1) is 14.5. The molecule has 4 aliphatic rings. The SMILES string of the molecule is CC1COC2=C(C=CC(Cl)=CC2)N1C(=O)N1CC2(C1)CN(c1cc(C#N)ccn1)C2. The number of halogens is 1. The quantitative estimate of drug-likeness (QED) is 0.693. The Morgan fingerprint density at radius 3 is 2.90 bits per heavy atom. The second-order valence-corrected chi connectivity index (χ2v) is 8.91. The number of urea groups is 1. The van der Waals surface area contributed by atoms with Crippen molar-refractivity contribution in [1.82, 2.24) is 14.8 Å². The summed E-state index contributed by atoms with van der Waals surface area (Å²) in [6, 6.07) is 5.66. The van der Waals surface area contributed by atoms with E-state index in [9.17, 15) is 4.79 Å². The van der Waals surface area contributed by atoms with Gasteiger partial charge < -0.3 is 14.5 Å². The summed E-state index contributed by atoms with van der Waals surface area (Å²) in [5.41, 5.74) is 1.54. The van der Waals surface area contributed by atoms with Crippen LogP contribution in [0.1, 0.15) is 18.9 Å². The molecule has 154 valence electrons.